The van der Waals surface area contributed by atoms with E-state index >= 15 is 0 Å². The first kappa shape index (κ1) is 10.7. The number of halogens is 1. The number of carbonyl (C=O) groups excluding carboxylic acids is 1. The summed E-state index contributed by atoms with van der Waals surface area (Å²) in [4.78, 5) is 18.5. The number of ether oxygens (including phenoxy) is 1. The third-order valence-electron chi connectivity index (χ3n) is 1.38. The van der Waals surface area contributed by atoms with Crippen LogP contribution in [0.2, 0.25) is 5.15 Å². The molecule has 0 aromatic carbocycles. The molecule has 1 aromatic rings. The van der Waals surface area contributed by atoms with Gasteiger partial charge in [0.2, 0.25) is 0 Å². The van der Waals surface area contributed by atoms with Gasteiger partial charge in [0, 0.05) is 17.8 Å². The van der Waals surface area contributed by atoms with Crippen LogP contribution in [-0.4, -0.2) is 22.5 Å². The minimum absolute atomic E-state index is 0.306. The highest BCUT2D eigenvalue weighted by molar-refractivity contribution is 6.30. The third kappa shape index (κ3) is 3.14. The first-order valence-electron chi connectivity index (χ1n) is 4.04. The van der Waals surface area contributed by atoms with E-state index in [1.165, 1.54) is 24.7 Å². The number of hydrogen-bond acceptors (Lipinski definition) is 4. The summed E-state index contributed by atoms with van der Waals surface area (Å²) in [7, 11) is 0. The van der Waals surface area contributed by atoms with Gasteiger partial charge in [-0.1, -0.05) is 11.6 Å². The van der Waals surface area contributed by atoms with Crippen LogP contribution in [0.25, 0.3) is 6.08 Å². The van der Waals surface area contributed by atoms with Crippen LogP contribution in [0.3, 0.4) is 0 Å². The molecule has 74 valence electrons. The lowest BCUT2D eigenvalue weighted by atomic mass is 10.3. The van der Waals surface area contributed by atoms with E-state index in [1.54, 1.807) is 6.92 Å². The van der Waals surface area contributed by atoms with Crippen molar-refractivity contribution in [2.24, 2.45) is 0 Å². The van der Waals surface area contributed by atoms with Gasteiger partial charge < -0.3 is 4.74 Å². The summed E-state index contributed by atoms with van der Waals surface area (Å²) in [6.07, 6.45) is 5.66. The molecule has 0 aliphatic heterocycles. The Morgan fingerprint density at radius 2 is 2.50 bits per heavy atom. The number of esters is 1. The Balaban J connectivity index is 2.69. The highest BCUT2D eigenvalue weighted by Gasteiger charge is 1.98. The molecule has 1 aromatic heterocycles. The maximum absolute atomic E-state index is 10.9. The average molecular weight is 213 g/mol. The molecular weight excluding hydrogens is 204 g/mol. The molecule has 1 heterocycles. The van der Waals surface area contributed by atoms with E-state index in [0.29, 0.717) is 17.3 Å². The molecule has 0 N–H and O–H groups in total. The SMILES string of the molecule is CCOC(=O)C=Cc1cncnc1Cl. The smallest absolute Gasteiger partial charge is 0.330 e. The van der Waals surface area contributed by atoms with E-state index in [2.05, 4.69) is 9.97 Å². The van der Waals surface area contributed by atoms with E-state index in [0.717, 1.165) is 0 Å². The van der Waals surface area contributed by atoms with Gasteiger partial charge in [0.25, 0.3) is 0 Å². The second kappa shape index (κ2) is 5.34. The average Bonchev–Trinajstić information content (AvgIpc) is 2.17. The van der Waals surface area contributed by atoms with Crippen molar-refractivity contribution in [2.45, 2.75) is 6.92 Å². The fourth-order valence-corrected chi connectivity index (χ4v) is 0.941. The van der Waals surface area contributed by atoms with Crippen LogP contribution >= 0.6 is 11.6 Å². The van der Waals surface area contributed by atoms with Crippen molar-refractivity contribution in [1.29, 1.82) is 0 Å². The van der Waals surface area contributed by atoms with Gasteiger partial charge in [0.05, 0.1) is 6.61 Å². The third-order valence-corrected chi connectivity index (χ3v) is 1.69. The Kier molecular flexibility index (Phi) is 4.07. The van der Waals surface area contributed by atoms with Crippen molar-refractivity contribution in [3.63, 3.8) is 0 Å². The predicted molar refractivity (Wildman–Crippen MR) is 52.7 cm³/mol. The maximum atomic E-state index is 10.9. The largest absolute Gasteiger partial charge is 0.463 e. The maximum Gasteiger partial charge on any atom is 0.330 e. The molecule has 0 saturated heterocycles. The second-order valence-corrected chi connectivity index (χ2v) is 2.71. The Morgan fingerprint density at radius 1 is 1.71 bits per heavy atom. The van der Waals surface area contributed by atoms with Crippen molar-refractivity contribution < 1.29 is 9.53 Å². The van der Waals surface area contributed by atoms with Gasteiger partial charge in [-0.15, -0.1) is 0 Å². The van der Waals surface area contributed by atoms with Gasteiger partial charge >= 0.3 is 5.97 Å². The molecule has 0 spiro atoms. The van der Waals surface area contributed by atoms with Crippen molar-refractivity contribution in [1.82, 2.24) is 9.97 Å². The van der Waals surface area contributed by atoms with Crippen LogP contribution in [0.1, 0.15) is 12.5 Å². The molecule has 0 saturated carbocycles. The fourth-order valence-electron chi connectivity index (χ4n) is 0.785. The van der Waals surface area contributed by atoms with E-state index in [9.17, 15) is 4.79 Å². The summed E-state index contributed by atoms with van der Waals surface area (Å²) in [5.74, 6) is -0.410. The van der Waals surface area contributed by atoms with Gasteiger partial charge in [0.15, 0.2) is 0 Å². The summed E-state index contributed by atoms with van der Waals surface area (Å²) in [5, 5.41) is 0.306. The van der Waals surface area contributed by atoms with Crippen LogP contribution in [0.15, 0.2) is 18.6 Å². The summed E-state index contributed by atoms with van der Waals surface area (Å²) in [6, 6.07) is 0. The lowest BCUT2D eigenvalue weighted by Gasteiger charge is -1.96. The first-order chi connectivity index (χ1) is 6.74. The quantitative estimate of drug-likeness (QED) is 0.435. The molecule has 14 heavy (non-hydrogen) atoms. The zero-order valence-electron chi connectivity index (χ0n) is 7.61. The molecule has 0 fully saturated rings. The number of hydrogen-bond donors (Lipinski definition) is 0. The Hall–Kier alpha value is -1.42. The van der Waals surface area contributed by atoms with E-state index in [1.807, 2.05) is 0 Å². The molecule has 0 aliphatic rings. The minimum atomic E-state index is -0.410. The van der Waals surface area contributed by atoms with Crippen molar-refractivity contribution in [3.05, 3.63) is 29.3 Å². The fraction of sp³-hybridized carbons (Fsp3) is 0.222. The Labute approximate surface area is 86.6 Å². The van der Waals surface area contributed by atoms with Gasteiger partial charge in [0.1, 0.15) is 11.5 Å². The van der Waals surface area contributed by atoms with Crippen LogP contribution in [0, 0.1) is 0 Å². The van der Waals surface area contributed by atoms with E-state index < -0.39 is 5.97 Å². The second-order valence-electron chi connectivity index (χ2n) is 2.35. The molecule has 5 heteroatoms. The zero-order chi connectivity index (χ0) is 10.4. The number of aromatic nitrogens is 2. The normalized spacial score (nSPS) is 10.4. The van der Waals surface area contributed by atoms with Gasteiger partial charge in [-0.25, -0.2) is 14.8 Å². The summed E-state index contributed by atoms with van der Waals surface area (Å²) in [6.45, 7) is 2.09. The lowest BCUT2D eigenvalue weighted by Crippen LogP contribution is -1.98. The molecule has 1 rings (SSSR count). The summed E-state index contributed by atoms with van der Waals surface area (Å²) < 4.78 is 4.69. The Morgan fingerprint density at radius 3 is 3.14 bits per heavy atom. The highest BCUT2D eigenvalue weighted by atomic mass is 35.5. The van der Waals surface area contributed by atoms with Crippen molar-refractivity contribution in [3.8, 4) is 0 Å². The summed E-state index contributed by atoms with van der Waals surface area (Å²) in [5.41, 5.74) is 0.585. The van der Waals surface area contributed by atoms with Crippen LogP contribution in [-0.2, 0) is 9.53 Å². The van der Waals surface area contributed by atoms with Gasteiger partial charge in [-0.05, 0) is 13.0 Å². The first-order valence-corrected chi connectivity index (χ1v) is 4.42. The number of carbonyl (C=O) groups is 1. The molecule has 0 aliphatic carbocycles. The van der Waals surface area contributed by atoms with Gasteiger partial charge in [-0.2, -0.15) is 0 Å². The van der Waals surface area contributed by atoms with Crippen molar-refractivity contribution >= 4 is 23.6 Å². The van der Waals surface area contributed by atoms with E-state index in [4.69, 9.17) is 16.3 Å². The molecule has 0 amide bonds. The zero-order valence-corrected chi connectivity index (χ0v) is 8.36. The lowest BCUT2D eigenvalue weighted by molar-refractivity contribution is -0.137. The molecule has 0 bridgehead atoms. The highest BCUT2D eigenvalue weighted by Crippen LogP contribution is 2.11. The molecule has 0 radical (unpaired) electrons. The predicted octanol–water partition coefficient (Wildman–Crippen LogP) is 1.71. The van der Waals surface area contributed by atoms with Crippen LogP contribution < -0.4 is 0 Å². The number of nitrogens with zero attached hydrogens (tertiary/aromatic N) is 2. The monoisotopic (exact) mass is 212 g/mol. The summed E-state index contributed by atoms with van der Waals surface area (Å²) >= 11 is 5.73. The van der Waals surface area contributed by atoms with E-state index in [-0.39, 0.29) is 0 Å². The van der Waals surface area contributed by atoms with Crippen LogP contribution in [0.4, 0.5) is 0 Å². The minimum Gasteiger partial charge on any atom is -0.463 e. The topological polar surface area (TPSA) is 52.1 Å². The molecular formula is C9H9ClN2O2. The van der Waals surface area contributed by atoms with Gasteiger partial charge in [-0.3, -0.25) is 0 Å². The molecule has 0 atom stereocenters. The molecule has 0 unspecified atom stereocenters. The van der Waals surface area contributed by atoms with Crippen LogP contribution in [0.5, 0.6) is 0 Å². The number of rotatable bonds is 3. The standard InChI is InChI=1S/C9H9ClN2O2/c1-2-14-8(13)4-3-7-5-11-6-12-9(7)10/h3-6H,2H2,1H3. The molecule has 4 nitrogen and oxygen atoms in total. The Bertz CT molecular complexity index is 352. The van der Waals surface area contributed by atoms with Crippen molar-refractivity contribution in [2.75, 3.05) is 6.61 Å².